The van der Waals surface area contributed by atoms with Gasteiger partial charge in [-0.05, 0) is 17.5 Å². The Labute approximate surface area is 106 Å². The monoisotopic (exact) mass is 334 g/mol. The molecule has 1 rings (SSSR count). The molecule has 0 aromatic heterocycles. The number of benzene rings is 1. The highest BCUT2D eigenvalue weighted by Gasteiger charge is 2.07. The van der Waals surface area contributed by atoms with E-state index in [0.29, 0.717) is 12.8 Å². The second kappa shape index (κ2) is 6.28. The molecule has 0 radical (unpaired) electrons. The third kappa shape index (κ3) is 3.61. The zero-order valence-corrected chi connectivity index (χ0v) is 11.6. The van der Waals surface area contributed by atoms with Gasteiger partial charge in [-0.25, -0.2) is 0 Å². The zero-order chi connectivity index (χ0) is 11.3. The number of hydrogen-bond acceptors (Lipinski definition) is 2. The number of aryl methyl sites for hydroxylation is 1. The van der Waals surface area contributed by atoms with Crippen LogP contribution in [0, 0.1) is 0 Å². The molecule has 0 atom stereocenters. The maximum atomic E-state index is 11.0. The lowest BCUT2D eigenvalue weighted by molar-refractivity contribution is -0.140. The van der Waals surface area contributed by atoms with Gasteiger partial charge in [0.25, 0.3) is 0 Å². The summed E-state index contributed by atoms with van der Waals surface area (Å²) in [5, 5.41) is 0.805. The standard InChI is InChI=1S/C11H12Br2O2/c1-15-10(14)6-5-8-3-2-4-9(7-12)11(8)13/h2-4H,5-7H2,1H3. The van der Waals surface area contributed by atoms with Gasteiger partial charge in [-0.3, -0.25) is 4.79 Å². The van der Waals surface area contributed by atoms with Crippen LogP contribution in [0.5, 0.6) is 0 Å². The molecule has 1 aromatic rings. The smallest absolute Gasteiger partial charge is 0.305 e. The number of esters is 1. The van der Waals surface area contributed by atoms with E-state index in [1.165, 1.54) is 12.7 Å². The number of methoxy groups -OCH3 is 1. The lowest BCUT2D eigenvalue weighted by atomic mass is 10.1. The minimum atomic E-state index is -0.175. The summed E-state index contributed by atoms with van der Waals surface area (Å²) in [6.45, 7) is 0. The van der Waals surface area contributed by atoms with Crippen LogP contribution in [-0.2, 0) is 21.3 Å². The average molecular weight is 336 g/mol. The molecular formula is C11H12Br2O2. The van der Waals surface area contributed by atoms with E-state index in [-0.39, 0.29) is 5.97 Å². The molecule has 0 aliphatic heterocycles. The van der Waals surface area contributed by atoms with Crippen molar-refractivity contribution in [1.29, 1.82) is 0 Å². The summed E-state index contributed by atoms with van der Waals surface area (Å²) in [6.07, 6.45) is 1.12. The molecule has 15 heavy (non-hydrogen) atoms. The van der Waals surface area contributed by atoms with Gasteiger partial charge in [-0.2, -0.15) is 0 Å². The first-order chi connectivity index (χ1) is 7.19. The van der Waals surface area contributed by atoms with Gasteiger partial charge in [-0.1, -0.05) is 50.1 Å². The van der Waals surface area contributed by atoms with Crippen LogP contribution in [0.1, 0.15) is 17.5 Å². The van der Waals surface area contributed by atoms with E-state index in [0.717, 1.165) is 15.4 Å². The molecule has 0 aliphatic rings. The highest BCUT2D eigenvalue weighted by atomic mass is 79.9. The van der Waals surface area contributed by atoms with Gasteiger partial charge >= 0.3 is 5.97 Å². The fourth-order valence-electron chi connectivity index (χ4n) is 1.27. The van der Waals surface area contributed by atoms with Crippen molar-refractivity contribution in [1.82, 2.24) is 0 Å². The Balaban J connectivity index is 2.73. The van der Waals surface area contributed by atoms with Gasteiger partial charge in [0.1, 0.15) is 0 Å². The van der Waals surface area contributed by atoms with Crippen molar-refractivity contribution in [3.05, 3.63) is 33.8 Å². The lowest BCUT2D eigenvalue weighted by Crippen LogP contribution is -2.02. The molecule has 0 N–H and O–H groups in total. The van der Waals surface area contributed by atoms with Crippen LogP contribution < -0.4 is 0 Å². The fourth-order valence-corrected chi connectivity index (χ4v) is 2.71. The van der Waals surface area contributed by atoms with Gasteiger partial charge in [-0.15, -0.1) is 0 Å². The quantitative estimate of drug-likeness (QED) is 0.622. The second-order valence-electron chi connectivity index (χ2n) is 3.10. The SMILES string of the molecule is COC(=O)CCc1cccc(CBr)c1Br. The van der Waals surface area contributed by atoms with E-state index in [1.54, 1.807) is 0 Å². The zero-order valence-electron chi connectivity index (χ0n) is 8.43. The summed E-state index contributed by atoms with van der Waals surface area (Å²) in [4.78, 5) is 11.0. The van der Waals surface area contributed by atoms with Crippen LogP contribution in [-0.4, -0.2) is 13.1 Å². The van der Waals surface area contributed by atoms with Gasteiger partial charge in [0, 0.05) is 16.2 Å². The summed E-state index contributed by atoms with van der Waals surface area (Å²) >= 11 is 6.95. The summed E-state index contributed by atoms with van der Waals surface area (Å²) in [7, 11) is 1.41. The number of carbonyl (C=O) groups is 1. The third-order valence-electron chi connectivity index (χ3n) is 2.13. The van der Waals surface area contributed by atoms with Crippen molar-refractivity contribution < 1.29 is 9.53 Å². The minimum absolute atomic E-state index is 0.175. The minimum Gasteiger partial charge on any atom is -0.469 e. The van der Waals surface area contributed by atoms with Crippen molar-refractivity contribution >= 4 is 37.8 Å². The Hall–Kier alpha value is -0.350. The van der Waals surface area contributed by atoms with Crippen molar-refractivity contribution in [2.24, 2.45) is 0 Å². The molecule has 0 unspecified atom stereocenters. The molecule has 0 heterocycles. The molecule has 0 saturated heterocycles. The van der Waals surface area contributed by atoms with Crippen LogP contribution >= 0.6 is 31.9 Å². The van der Waals surface area contributed by atoms with Gasteiger partial charge in [0.15, 0.2) is 0 Å². The Morgan fingerprint density at radius 2 is 2.07 bits per heavy atom. The molecule has 82 valence electrons. The van der Waals surface area contributed by atoms with E-state index in [2.05, 4.69) is 36.6 Å². The highest BCUT2D eigenvalue weighted by molar-refractivity contribution is 9.10. The van der Waals surface area contributed by atoms with Crippen molar-refractivity contribution in [3.8, 4) is 0 Å². The molecule has 1 aromatic carbocycles. The first-order valence-electron chi connectivity index (χ1n) is 4.58. The van der Waals surface area contributed by atoms with Crippen LogP contribution in [0.25, 0.3) is 0 Å². The molecule has 0 bridgehead atoms. The van der Waals surface area contributed by atoms with Gasteiger partial charge in [0.2, 0.25) is 0 Å². The fraction of sp³-hybridized carbons (Fsp3) is 0.364. The van der Waals surface area contributed by atoms with E-state index in [9.17, 15) is 4.79 Å². The normalized spacial score (nSPS) is 10.1. The Bertz CT molecular complexity index is 350. The number of carbonyl (C=O) groups excluding carboxylic acids is 1. The average Bonchev–Trinajstić information content (AvgIpc) is 2.27. The van der Waals surface area contributed by atoms with Crippen molar-refractivity contribution in [2.75, 3.05) is 7.11 Å². The van der Waals surface area contributed by atoms with Gasteiger partial charge < -0.3 is 4.74 Å². The van der Waals surface area contributed by atoms with E-state index in [4.69, 9.17) is 0 Å². The number of hydrogen-bond donors (Lipinski definition) is 0. The summed E-state index contributed by atoms with van der Waals surface area (Å²) in [6, 6.07) is 6.05. The van der Waals surface area contributed by atoms with Gasteiger partial charge in [0.05, 0.1) is 7.11 Å². The first kappa shape index (κ1) is 12.7. The van der Waals surface area contributed by atoms with Crippen LogP contribution in [0.4, 0.5) is 0 Å². The topological polar surface area (TPSA) is 26.3 Å². The van der Waals surface area contributed by atoms with E-state index < -0.39 is 0 Å². The molecule has 4 heteroatoms. The molecular weight excluding hydrogens is 324 g/mol. The molecule has 0 amide bonds. The Kier molecular flexibility index (Phi) is 5.32. The predicted octanol–water partition coefficient (Wildman–Crippen LogP) is 3.45. The largest absolute Gasteiger partial charge is 0.469 e. The summed E-state index contributed by atoms with van der Waals surface area (Å²) < 4.78 is 5.68. The van der Waals surface area contributed by atoms with E-state index >= 15 is 0 Å². The maximum Gasteiger partial charge on any atom is 0.305 e. The number of ether oxygens (including phenoxy) is 1. The van der Waals surface area contributed by atoms with Crippen molar-refractivity contribution in [3.63, 3.8) is 0 Å². The molecule has 0 aliphatic carbocycles. The number of halogens is 2. The van der Waals surface area contributed by atoms with Crippen LogP contribution in [0.3, 0.4) is 0 Å². The van der Waals surface area contributed by atoms with E-state index in [1.807, 2.05) is 18.2 Å². The molecule has 0 spiro atoms. The molecule has 2 nitrogen and oxygen atoms in total. The maximum absolute atomic E-state index is 11.0. The third-order valence-corrected chi connectivity index (χ3v) is 3.75. The lowest BCUT2D eigenvalue weighted by Gasteiger charge is -2.07. The predicted molar refractivity (Wildman–Crippen MR) is 67.1 cm³/mol. The number of alkyl halides is 1. The molecule has 0 saturated carbocycles. The second-order valence-corrected chi connectivity index (χ2v) is 4.45. The van der Waals surface area contributed by atoms with Crippen molar-refractivity contribution in [2.45, 2.75) is 18.2 Å². The summed E-state index contributed by atoms with van der Waals surface area (Å²) in [5.74, 6) is -0.175. The van der Waals surface area contributed by atoms with Crippen LogP contribution in [0.15, 0.2) is 22.7 Å². The Morgan fingerprint density at radius 1 is 1.40 bits per heavy atom. The number of rotatable bonds is 4. The highest BCUT2D eigenvalue weighted by Crippen LogP contribution is 2.24. The Morgan fingerprint density at radius 3 is 2.67 bits per heavy atom. The first-order valence-corrected chi connectivity index (χ1v) is 6.49. The van der Waals surface area contributed by atoms with Crippen LogP contribution in [0.2, 0.25) is 0 Å². The molecule has 0 fully saturated rings. The summed E-state index contributed by atoms with van der Waals surface area (Å²) in [5.41, 5.74) is 2.33.